The smallest absolute Gasteiger partial charge is 0.255 e. The van der Waals surface area contributed by atoms with E-state index < -0.39 is 58.0 Å². The number of aromatic hydroxyl groups is 1. The van der Waals surface area contributed by atoms with Gasteiger partial charge in [0.1, 0.15) is 22.8 Å². The average Bonchev–Trinajstić information content (AvgIpc) is 3.20. The van der Waals surface area contributed by atoms with E-state index in [0.29, 0.717) is 30.6 Å². The number of benzene rings is 1. The molecule has 5 rings (SSSR count). The van der Waals surface area contributed by atoms with Crippen LogP contribution in [0.1, 0.15) is 30.4 Å². The molecule has 1 heterocycles. The molecule has 1 aliphatic heterocycles. The summed E-state index contributed by atoms with van der Waals surface area (Å²) in [7, 11) is 0. The van der Waals surface area contributed by atoms with Gasteiger partial charge in [-0.15, -0.1) is 0 Å². The van der Waals surface area contributed by atoms with Crippen molar-refractivity contribution in [1.29, 1.82) is 0 Å². The minimum absolute atomic E-state index is 0.0476. The second-order valence-electron chi connectivity index (χ2n) is 9.19. The van der Waals surface area contributed by atoms with Crippen molar-refractivity contribution < 1.29 is 39.6 Å². The maximum atomic E-state index is 13.5. The highest BCUT2D eigenvalue weighted by molar-refractivity contribution is 6.24. The van der Waals surface area contributed by atoms with Crippen LogP contribution in [0, 0.1) is 11.8 Å². The number of hydrogen-bond acceptors (Lipinski definition) is 9. The number of Topliss-reactive ketones (excluding diaryl/α,β-unsaturated/α-hetero) is 2. The number of aliphatic hydroxyl groups excluding tert-OH is 2. The van der Waals surface area contributed by atoms with Crippen LogP contribution in [-0.4, -0.2) is 62.0 Å². The number of phenols is 1. The van der Waals surface area contributed by atoms with Gasteiger partial charge in [0.15, 0.2) is 11.4 Å². The molecule has 8 N–H and O–H groups in total. The summed E-state index contributed by atoms with van der Waals surface area (Å²) < 4.78 is 0. The number of nitrogens with two attached hydrogens (primary N) is 2. The van der Waals surface area contributed by atoms with Crippen LogP contribution in [0.15, 0.2) is 29.0 Å². The first-order chi connectivity index (χ1) is 16.0. The highest BCUT2D eigenvalue weighted by Gasteiger charge is 2.63. The Morgan fingerprint density at radius 2 is 1.85 bits per heavy atom. The Morgan fingerprint density at radius 3 is 2.47 bits per heavy atom. The molecule has 1 saturated carbocycles. The summed E-state index contributed by atoms with van der Waals surface area (Å²) in [4.78, 5) is 51.8. The summed E-state index contributed by atoms with van der Waals surface area (Å²) in [5.41, 5.74) is 8.14. The SMILES string of the molecule is NC(=O)C1=C(O)[C@@]2(O)C(=O)C3=C(O)c4c(O)ccc(N5CCCC5=O)c4C[C@H]3C[C@H]2[C@@H](N)C1=O. The third kappa shape index (κ3) is 2.64. The summed E-state index contributed by atoms with van der Waals surface area (Å²) >= 11 is 0. The summed E-state index contributed by atoms with van der Waals surface area (Å²) in [5.74, 6) is -7.70. The minimum Gasteiger partial charge on any atom is -0.508 e. The predicted octanol–water partition coefficient (Wildman–Crippen LogP) is -0.512. The van der Waals surface area contributed by atoms with Gasteiger partial charge in [0, 0.05) is 30.1 Å². The van der Waals surface area contributed by atoms with E-state index in [1.54, 1.807) is 11.0 Å². The van der Waals surface area contributed by atoms with Gasteiger partial charge in [0.2, 0.25) is 11.7 Å². The number of carbonyl (C=O) groups excluding carboxylic acids is 4. The van der Waals surface area contributed by atoms with Crippen molar-refractivity contribution in [2.24, 2.45) is 23.3 Å². The lowest BCUT2D eigenvalue weighted by Gasteiger charge is -2.48. The van der Waals surface area contributed by atoms with Crippen LogP contribution in [0.3, 0.4) is 0 Å². The standard InChI is InChI=1S/C23H23N3O8/c24-17-10-7-8-6-9-11(26-5-1-2-13(26)28)3-4-12(27)15(9)18(29)14(8)20(31)23(10,34)21(32)16(19(17)30)22(25)33/h3-4,8,10,17,27,29,32,34H,1-2,5-7,24H2,(H2,25,33)/t8-,10-,17+,23-/m0/s1. The van der Waals surface area contributed by atoms with Gasteiger partial charge in [-0.3, -0.25) is 19.2 Å². The highest BCUT2D eigenvalue weighted by atomic mass is 16.3. The van der Waals surface area contributed by atoms with E-state index in [2.05, 4.69) is 0 Å². The molecule has 3 aliphatic carbocycles. The Balaban J connectivity index is 1.71. The van der Waals surface area contributed by atoms with Crippen LogP contribution in [0.5, 0.6) is 5.75 Å². The Morgan fingerprint density at radius 1 is 1.15 bits per heavy atom. The fourth-order valence-corrected chi connectivity index (χ4v) is 5.86. The van der Waals surface area contributed by atoms with Crippen molar-refractivity contribution in [2.75, 3.05) is 11.4 Å². The highest BCUT2D eigenvalue weighted by Crippen LogP contribution is 2.53. The number of nitrogens with zero attached hydrogens (tertiary/aromatic N) is 1. The van der Waals surface area contributed by atoms with Crippen LogP contribution < -0.4 is 16.4 Å². The topological polar surface area (TPSA) is 204 Å². The molecule has 4 aliphatic rings. The number of hydrogen-bond donors (Lipinski definition) is 6. The Bertz CT molecular complexity index is 1260. The quantitative estimate of drug-likeness (QED) is 0.308. The zero-order valence-electron chi connectivity index (χ0n) is 17.9. The Kier molecular flexibility index (Phi) is 4.65. The summed E-state index contributed by atoms with van der Waals surface area (Å²) in [6.45, 7) is 0.466. The van der Waals surface area contributed by atoms with Crippen molar-refractivity contribution in [1.82, 2.24) is 0 Å². The first-order valence-corrected chi connectivity index (χ1v) is 10.9. The summed E-state index contributed by atoms with van der Waals surface area (Å²) in [6, 6.07) is 1.38. The molecule has 0 aromatic heterocycles. The first-order valence-electron chi connectivity index (χ1n) is 10.9. The number of amides is 2. The zero-order chi connectivity index (χ0) is 24.7. The molecule has 11 heteroatoms. The number of primary amides is 1. The summed E-state index contributed by atoms with van der Waals surface area (Å²) in [6.07, 6.45) is 1.04. The number of ketones is 2. The van der Waals surface area contributed by atoms with E-state index in [4.69, 9.17) is 11.5 Å². The minimum atomic E-state index is -2.74. The number of carbonyl (C=O) groups is 4. The fraction of sp³-hybridized carbons (Fsp3) is 0.391. The monoisotopic (exact) mass is 469 g/mol. The molecule has 0 bridgehead atoms. The van der Waals surface area contributed by atoms with Crippen molar-refractivity contribution in [3.63, 3.8) is 0 Å². The van der Waals surface area contributed by atoms with Crippen LogP contribution in [0.4, 0.5) is 5.69 Å². The van der Waals surface area contributed by atoms with Crippen LogP contribution >= 0.6 is 0 Å². The first kappa shape index (κ1) is 22.1. The number of rotatable bonds is 2. The molecule has 2 amide bonds. The molecule has 1 aromatic carbocycles. The largest absolute Gasteiger partial charge is 0.508 e. The molecule has 2 fully saturated rings. The average molecular weight is 469 g/mol. The number of phenolic OH excluding ortho intramolecular Hbond substituents is 1. The Labute approximate surface area is 192 Å². The number of fused-ring (bicyclic) bond motifs is 3. The number of aliphatic hydroxyl groups is 3. The van der Waals surface area contributed by atoms with Crippen molar-refractivity contribution >= 4 is 34.8 Å². The van der Waals surface area contributed by atoms with Gasteiger partial charge in [-0.05, 0) is 42.9 Å². The van der Waals surface area contributed by atoms with E-state index in [1.807, 2.05) is 0 Å². The van der Waals surface area contributed by atoms with Gasteiger partial charge >= 0.3 is 0 Å². The van der Waals surface area contributed by atoms with Gasteiger partial charge in [-0.25, -0.2) is 0 Å². The van der Waals surface area contributed by atoms with Gasteiger partial charge in [0.25, 0.3) is 5.91 Å². The lowest BCUT2D eigenvalue weighted by molar-refractivity contribution is -0.149. The van der Waals surface area contributed by atoms with Crippen molar-refractivity contribution in [3.05, 3.63) is 40.2 Å². The number of anilines is 1. The summed E-state index contributed by atoms with van der Waals surface area (Å²) in [5, 5.41) is 43.6. The van der Waals surface area contributed by atoms with Crippen LogP contribution in [0.25, 0.3) is 5.76 Å². The maximum absolute atomic E-state index is 13.5. The molecule has 0 unspecified atom stereocenters. The molecule has 0 radical (unpaired) electrons. The molecular formula is C23H23N3O8. The van der Waals surface area contributed by atoms with Crippen molar-refractivity contribution in [2.45, 2.75) is 37.3 Å². The molecule has 1 aromatic rings. The fourth-order valence-electron chi connectivity index (χ4n) is 5.86. The predicted molar refractivity (Wildman–Crippen MR) is 116 cm³/mol. The van der Waals surface area contributed by atoms with E-state index in [0.717, 1.165) is 0 Å². The van der Waals surface area contributed by atoms with E-state index in [9.17, 15) is 39.6 Å². The van der Waals surface area contributed by atoms with Gasteiger partial charge in [-0.2, -0.15) is 0 Å². The molecule has 1 saturated heterocycles. The second-order valence-corrected chi connectivity index (χ2v) is 9.19. The van der Waals surface area contributed by atoms with E-state index in [1.165, 1.54) is 6.07 Å². The molecule has 11 nitrogen and oxygen atoms in total. The normalized spacial score (nSPS) is 30.9. The third-order valence-electron chi connectivity index (χ3n) is 7.47. The van der Waals surface area contributed by atoms with Gasteiger partial charge in [-0.1, -0.05) is 0 Å². The lowest BCUT2D eigenvalue weighted by atomic mass is 9.58. The molecule has 34 heavy (non-hydrogen) atoms. The van der Waals surface area contributed by atoms with Crippen molar-refractivity contribution in [3.8, 4) is 5.75 Å². The van der Waals surface area contributed by atoms with Crippen LogP contribution in [0.2, 0.25) is 0 Å². The molecule has 178 valence electrons. The maximum Gasteiger partial charge on any atom is 0.255 e. The third-order valence-corrected chi connectivity index (χ3v) is 7.47. The lowest BCUT2D eigenvalue weighted by Crippen LogP contribution is -2.65. The van der Waals surface area contributed by atoms with Crippen LogP contribution in [-0.2, 0) is 25.6 Å². The molecule has 4 atom stereocenters. The molecular weight excluding hydrogens is 446 g/mol. The Hall–Kier alpha value is -3.70. The van der Waals surface area contributed by atoms with Gasteiger partial charge < -0.3 is 36.8 Å². The second kappa shape index (κ2) is 7.15. The van der Waals surface area contributed by atoms with E-state index in [-0.39, 0.29) is 35.6 Å². The van der Waals surface area contributed by atoms with E-state index >= 15 is 0 Å². The zero-order valence-corrected chi connectivity index (χ0v) is 17.9. The molecule has 0 spiro atoms. The van der Waals surface area contributed by atoms with Gasteiger partial charge in [0.05, 0.1) is 11.6 Å².